The molecule has 14 heteroatoms. The third-order valence-electron chi connectivity index (χ3n) is 3.80. The number of phosphoric ester groups is 1. The average molecular weight is 364 g/mol. The van der Waals surface area contributed by atoms with Crippen LogP contribution in [0.4, 0.5) is 0 Å². The van der Waals surface area contributed by atoms with Crippen LogP contribution in [0.2, 0.25) is 0 Å². The van der Waals surface area contributed by atoms with Crippen molar-refractivity contribution in [2.24, 2.45) is 26.4 Å². The summed E-state index contributed by atoms with van der Waals surface area (Å²) in [4.78, 5) is 30.9. The molecule has 6 atom stereocenters. The molecule has 3 aliphatic rings. The summed E-state index contributed by atoms with van der Waals surface area (Å²) in [7, 11) is -4.73. The van der Waals surface area contributed by atoms with E-state index in [4.69, 9.17) is 26.0 Å². The maximum Gasteiger partial charge on any atom is 0.469 e. The van der Waals surface area contributed by atoms with E-state index in [0.29, 0.717) is 0 Å². The normalized spacial score (nSPS) is 38.9. The molecule has 13 nitrogen and oxygen atoms in total. The Labute approximate surface area is 135 Å². The predicted molar refractivity (Wildman–Crippen MR) is 79.8 cm³/mol. The Balaban J connectivity index is 1.73. The molecule has 3 unspecified atom stereocenters. The van der Waals surface area contributed by atoms with Crippen LogP contribution in [-0.4, -0.2) is 86.4 Å². The predicted octanol–water partition coefficient (Wildman–Crippen LogP) is -3.73. The molecule has 0 radical (unpaired) electrons. The first-order valence-electron chi connectivity index (χ1n) is 6.87. The maximum atomic E-state index is 10.8. The van der Waals surface area contributed by atoms with E-state index in [1.807, 2.05) is 0 Å². The van der Waals surface area contributed by atoms with E-state index in [1.165, 1.54) is 11.2 Å². The molecule has 8 N–H and O–H groups in total. The number of phosphoric acid groups is 1. The quantitative estimate of drug-likeness (QED) is 0.268. The first-order valence-corrected chi connectivity index (χ1v) is 8.40. The Bertz CT molecular complexity index is 650. The van der Waals surface area contributed by atoms with Crippen LogP contribution in [0.25, 0.3) is 0 Å². The number of aliphatic hydroxyl groups is 2. The molecule has 0 aromatic carbocycles. The number of fused-ring (bicyclic) bond motifs is 1. The van der Waals surface area contributed by atoms with Gasteiger partial charge in [0.2, 0.25) is 5.96 Å². The average Bonchev–Trinajstić information content (AvgIpc) is 3.00. The molecule has 0 spiro atoms. The molecule has 3 heterocycles. The number of aliphatic imine (C=N–C) groups is 3. The van der Waals surface area contributed by atoms with Crippen LogP contribution >= 0.6 is 7.82 Å². The fraction of sp³-hybridized carbons (Fsp3) is 0.700. The van der Waals surface area contributed by atoms with Gasteiger partial charge in [0, 0.05) is 0 Å². The van der Waals surface area contributed by atoms with Crippen molar-refractivity contribution < 1.29 is 33.8 Å². The maximum absolute atomic E-state index is 10.8. The van der Waals surface area contributed by atoms with E-state index in [-0.39, 0.29) is 11.8 Å². The number of ether oxygens (including phenoxy) is 1. The van der Waals surface area contributed by atoms with Crippen LogP contribution < -0.4 is 11.5 Å². The van der Waals surface area contributed by atoms with Crippen molar-refractivity contribution in [1.29, 1.82) is 0 Å². The molecule has 24 heavy (non-hydrogen) atoms. The van der Waals surface area contributed by atoms with Gasteiger partial charge in [0.25, 0.3) is 0 Å². The zero-order chi connectivity index (χ0) is 17.6. The van der Waals surface area contributed by atoms with Gasteiger partial charge in [-0.25, -0.2) is 9.56 Å². The first kappa shape index (κ1) is 17.2. The largest absolute Gasteiger partial charge is 0.469 e. The second-order valence-electron chi connectivity index (χ2n) is 5.43. The lowest BCUT2D eigenvalue weighted by Crippen LogP contribution is -2.52. The van der Waals surface area contributed by atoms with Crippen LogP contribution in [0.1, 0.15) is 0 Å². The summed E-state index contributed by atoms with van der Waals surface area (Å²) in [5.74, 6) is 0.0966. The lowest BCUT2D eigenvalue weighted by molar-refractivity contribution is -0.0772. The van der Waals surface area contributed by atoms with E-state index in [9.17, 15) is 14.8 Å². The van der Waals surface area contributed by atoms with Gasteiger partial charge in [0.05, 0.1) is 12.9 Å². The highest BCUT2D eigenvalue weighted by Gasteiger charge is 2.50. The number of amidine groups is 1. The van der Waals surface area contributed by atoms with Crippen molar-refractivity contribution >= 4 is 26.0 Å². The Hall–Kier alpha value is -1.60. The highest BCUT2D eigenvalue weighted by molar-refractivity contribution is 7.46. The smallest absolute Gasteiger partial charge is 0.387 e. The second kappa shape index (κ2) is 6.04. The minimum Gasteiger partial charge on any atom is -0.387 e. The lowest BCUT2D eigenvalue weighted by Gasteiger charge is -2.32. The molecule has 0 amide bonds. The van der Waals surface area contributed by atoms with Crippen LogP contribution in [0.5, 0.6) is 0 Å². The van der Waals surface area contributed by atoms with Crippen LogP contribution in [-0.2, 0) is 13.8 Å². The Morgan fingerprint density at radius 1 is 1.33 bits per heavy atom. The number of rotatable bonds is 4. The summed E-state index contributed by atoms with van der Waals surface area (Å²) >= 11 is 0. The minimum atomic E-state index is -4.73. The fourth-order valence-corrected chi connectivity index (χ4v) is 3.03. The van der Waals surface area contributed by atoms with Crippen molar-refractivity contribution in [2.45, 2.75) is 36.7 Å². The number of nitrogens with two attached hydrogens (primary N) is 2. The molecule has 1 fully saturated rings. The molecule has 0 aliphatic carbocycles. The lowest BCUT2D eigenvalue weighted by atomic mass is 10.1. The van der Waals surface area contributed by atoms with Gasteiger partial charge in [-0.15, -0.1) is 0 Å². The SMILES string of the molecule is NC1=NC2C(N=CN2C2O[C@@H](COP(=O)(O)O)[C@H](O)[C@@H]2O)C(N)=N1. The van der Waals surface area contributed by atoms with Gasteiger partial charge >= 0.3 is 7.82 Å². The third kappa shape index (κ3) is 3.15. The van der Waals surface area contributed by atoms with E-state index in [0.717, 1.165) is 0 Å². The number of hydrogen-bond acceptors (Lipinski definition) is 11. The van der Waals surface area contributed by atoms with Gasteiger partial charge in [-0.2, -0.15) is 4.99 Å². The first-order chi connectivity index (χ1) is 11.2. The highest BCUT2D eigenvalue weighted by Crippen LogP contribution is 2.38. The summed E-state index contributed by atoms with van der Waals surface area (Å²) in [6.07, 6.45) is -4.41. The molecular weight excluding hydrogens is 347 g/mol. The Morgan fingerprint density at radius 3 is 2.71 bits per heavy atom. The fourth-order valence-electron chi connectivity index (χ4n) is 2.69. The zero-order valence-electron chi connectivity index (χ0n) is 12.2. The van der Waals surface area contributed by atoms with Gasteiger partial charge in [0.1, 0.15) is 30.2 Å². The minimum absolute atomic E-state index is 0.0568. The zero-order valence-corrected chi connectivity index (χ0v) is 13.0. The Kier molecular flexibility index (Phi) is 4.34. The summed E-state index contributed by atoms with van der Waals surface area (Å²) in [6.45, 7) is -0.604. The van der Waals surface area contributed by atoms with Gasteiger partial charge in [-0.3, -0.25) is 9.52 Å². The molecule has 3 rings (SSSR count). The molecule has 3 aliphatic heterocycles. The molecule has 1 saturated heterocycles. The van der Waals surface area contributed by atoms with Crippen molar-refractivity contribution in [3.8, 4) is 0 Å². The molecule has 0 aromatic rings. The standard InChI is InChI=1S/C10H17N6O7P/c11-7-4-8(15-10(12)14-7)16(2-13-4)9-6(18)5(17)3(23-9)1-22-24(19,20)21/h2-6,8-9,17-18H,1H2,(H2,19,20,21)(H4,11,12,14,15)/t3-,4?,5-,6-,8?,9?/m0/s1. The number of nitrogens with zero attached hydrogens (tertiary/aromatic N) is 4. The van der Waals surface area contributed by atoms with Crippen LogP contribution in [0, 0.1) is 0 Å². The number of guanidine groups is 1. The van der Waals surface area contributed by atoms with E-state index in [2.05, 4.69) is 19.5 Å². The van der Waals surface area contributed by atoms with Crippen molar-refractivity contribution in [3.05, 3.63) is 0 Å². The van der Waals surface area contributed by atoms with E-state index >= 15 is 0 Å². The van der Waals surface area contributed by atoms with E-state index in [1.54, 1.807) is 0 Å². The Morgan fingerprint density at radius 2 is 2.04 bits per heavy atom. The third-order valence-corrected chi connectivity index (χ3v) is 4.28. The molecule has 0 saturated carbocycles. The number of aliphatic hydroxyl groups excluding tert-OH is 2. The molecule has 0 bridgehead atoms. The highest BCUT2D eigenvalue weighted by atomic mass is 31.2. The van der Waals surface area contributed by atoms with Crippen molar-refractivity contribution in [3.63, 3.8) is 0 Å². The summed E-state index contributed by atoms with van der Waals surface area (Å²) in [6, 6.07) is -0.601. The summed E-state index contributed by atoms with van der Waals surface area (Å²) in [5.41, 5.74) is 11.3. The molecule has 134 valence electrons. The summed E-state index contributed by atoms with van der Waals surface area (Å²) < 4.78 is 20.5. The monoisotopic (exact) mass is 364 g/mol. The van der Waals surface area contributed by atoms with Crippen LogP contribution in [0.3, 0.4) is 0 Å². The molecule has 0 aromatic heterocycles. The molecular formula is C10H17N6O7P. The van der Waals surface area contributed by atoms with Crippen molar-refractivity contribution in [2.75, 3.05) is 6.61 Å². The van der Waals surface area contributed by atoms with Crippen molar-refractivity contribution in [1.82, 2.24) is 4.90 Å². The van der Waals surface area contributed by atoms with Gasteiger partial charge in [0.15, 0.2) is 12.4 Å². The van der Waals surface area contributed by atoms with Gasteiger partial charge in [-0.05, 0) is 0 Å². The van der Waals surface area contributed by atoms with Gasteiger partial charge in [-0.1, -0.05) is 0 Å². The van der Waals surface area contributed by atoms with Crippen LogP contribution in [0.15, 0.2) is 15.0 Å². The van der Waals surface area contributed by atoms with E-state index < -0.39 is 51.2 Å². The van der Waals surface area contributed by atoms with Gasteiger partial charge < -0.3 is 41.1 Å². The topological polar surface area (TPSA) is 209 Å². The number of hydrogen-bond donors (Lipinski definition) is 6. The second-order valence-corrected chi connectivity index (χ2v) is 6.67. The summed E-state index contributed by atoms with van der Waals surface area (Å²) in [5, 5.41) is 20.2.